The predicted molar refractivity (Wildman–Crippen MR) is 99.1 cm³/mol. The molecule has 0 radical (unpaired) electrons. The molecule has 1 unspecified atom stereocenters. The molecule has 0 saturated carbocycles. The molecule has 0 fully saturated rings. The lowest BCUT2D eigenvalue weighted by atomic mass is 9.92. The molecule has 1 aliphatic rings. The summed E-state index contributed by atoms with van der Waals surface area (Å²) in [6.07, 6.45) is 1.07. The van der Waals surface area contributed by atoms with Crippen LogP contribution < -0.4 is 10.1 Å². The van der Waals surface area contributed by atoms with Crippen molar-refractivity contribution in [1.82, 2.24) is 10.3 Å². The number of hydrogen-bond acceptors (Lipinski definition) is 2. The zero-order valence-corrected chi connectivity index (χ0v) is 14.8. The van der Waals surface area contributed by atoms with Crippen molar-refractivity contribution in [1.29, 1.82) is 0 Å². The van der Waals surface area contributed by atoms with E-state index in [1.54, 1.807) is 7.11 Å². The van der Waals surface area contributed by atoms with Crippen LogP contribution in [0.15, 0.2) is 30.3 Å². The number of nitrogens with one attached hydrogen (secondary N) is 2. The SMILES string of the molecule is COc1ccc(C2NCCc3c2[nH]c2cc(C)cc(C)c32)cc1C. The number of benzene rings is 2. The smallest absolute Gasteiger partial charge is 0.121 e. The minimum absolute atomic E-state index is 0.213. The average Bonchev–Trinajstić information content (AvgIpc) is 2.92. The van der Waals surface area contributed by atoms with Gasteiger partial charge >= 0.3 is 0 Å². The van der Waals surface area contributed by atoms with Crippen LogP contribution in [0.1, 0.15) is 39.6 Å². The normalized spacial score (nSPS) is 17.1. The Morgan fingerprint density at radius 1 is 1.04 bits per heavy atom. The molecular weight excluding hydrogens is 296 g/mol. The van der Waals surface area contributed by atoms with E-state index in [0.29, 0.717) is 0 Å². The summed E-state index contributed by atoms with van der Waals surface area (Å²) in [5, 5.41) is 5.09. The number of methoxy groups -OCH3 is 1. The lowest BCUT2D eigenvalue weighted by Crippen LogP contribution is -2.30. The first-order valence-corrected chi connectivity index (χ1v) is 8.58. The van der Waals surface area contributed by atoms with Gasteiger partial charge in [-0.05, 0) is 67.1 Å². The summed E-state index contributed by atoms with van der Waals surface area (Å²) in [5.74, 6) is 0.942. The second kappa shape index (κ2) is 5.67. The van der Waals surface area contributed by atoms with Gasteiger partial charge in [-0.25, -0.2) is 0 Å². The third-order valence-corrected chi connectivity index (χ3v) is 5.14. The third kappa shape index (κ3) is 2.31. The predicted octanol–water partition coefficient (Wildman–Crippen LogP) is 4.34. The molecule has 124 valence electrons. The minimum atomic E-state index is 0.213. The van der Waals surface area contributed by atoms with Crippen LogP contribution in [0, 0.1) is 20.8 Å². The fourth-order valence-corrected chi connectivity index (χ4v) is 4.14. The van der Waals surface area contributed by atoms with Crippen LogP contribution >= 0.6 is 0 Å². The van der Waals surface area contributed by atoms with Gasteiger partial charge in [0.2, 0.25) is 0 Å². The molecule has 0 aliphatic carbocycles. The molecule has 2 aromatic carbocycles. The molecule has 2 heterocycles. The largest absolute Gasteiger partial charge is 0.496 e. The Kier molecular flexibility index (Phi) is 3.61. The van der Waals surface area contributed by atoms with Gasteiger partial charge in [0.25, 0.3) is 0 Å². The summed E-state index contributed by atoms with van der Waals surface area (Å²) < 4.78 is 5.41. The van der Waals surface area contributed by atoms with Crippen LogP contribution in [-0.2, 0) is 6.42 Å². The summed E-state index contributed by atoms with van der Waals surface area (Å²) in [4.78, 5) is 3.70. The topological polar surface area (TPSA) is 37.0 Å². The van der Waals surface area contributed by atoms with E-state index < -0.39 is 0 Å². The van der Waals surface area contributed by atoms with Crippen LogP contribution in [0.5, 0.6) is 5.75 Å². The molecule has 0 spiro atoms. The fourth-order valence-electron chi connectivity index (χ4n) is 4.14. The molecule has 1 aliphatic heterocycles. The summed E-state index contributed by atoms with van der Waals surface area (Å²) in [6, 6.07) is 11.2. The van der Waals surface area contributed by atoms with Gasteiger partial charge in [-0.3, -0.25) is 0 Å². The van der Waals surface area contributed by atoms with Crippen molar-refractivity contribution >= 4 is 10.9 Å². The van der Waals surface area contributed by atoms with Crippen molar-refractivity contribution < 1.29 is 4.74 Å². The highest BCUT2D eigenvalue weighted by atomic mass is 16.5. The van der Waals surface area contributed by atoms with Gasteiger partial charge in [0.05, 0.1) is 13.2 Å². The Balaban J connectivity index is 1.87. The van der Waals surface area contributed by atoms with E-state index in [2.05, 4.69) is 61.4 Å². The summed E-state index contributed by atoms with van der Waals surface area (Å²) >= 11 is 0. The number of fused-ring (bicyclic) bond motifs is 3. The summed E-state index contributed by atoms with van der Waals surface area (Å²) in [6.45, 7) is 7.49. The summed E-state index contributed by atoms with van der Waals surface area (Å²) in [5.41, 5.74) is 9.19. The Labute approximate surface area is 143 Å². The van der Waals surface area contributed by atoms with E-state index >= 15 is 0 Å². The Hall–Kier alpha value is -2.26. The minimum Gasteiger partial charge on any atom is -0.496 e. The Morgan fingerprint density at radius 3 is 2.62 bits per heavy atom. The van der Waals surface area contributed by atoms with E-state index in [1.165, 1.54) is 44.4 Å². The maximum absolute atomic E-state index is 5.41. The van der Waals surface area contributed by atoms with Crippen LogP contribution in [0.2, 0.25) is 0 Å². The van der Waals surface area contributed by atoms with Gasteiger partial charge in [0.1, 0.15) is 5.75 Å². The molecule has 1 aromatic heterocycles. The van der Waals surface area contributed by atoms with E-state index in [4.69, 9.17) is 4.74 Å². The molecule has 1 atom stereocenters. The highest BCUT2D eigenvalue weighted by Gasteiger charge is 2.26. The quantitative estimate of drug-likeness (QED) is 0.737. The molecule has 24 heavy (non-hydrogen) atoms. The van der Waals surface area contributed by atoms with Crippen molar-refractivity contribution in [2.45, 2.75) is 33.2 Å². The van der Waals surface area contributed by atoms with Crippen molar-refractivity contribution in [2.75, 3.05) is 13.7 Å². The Bertz CT molecular complexity index is 923. The fraction of sp³-hybridized carbons (Fsp3) is 0.333. The van der Waals surface area contributed by atoms with E-state index in [9.17, 15) is 0 Å². The highest BCUT2D eigenvalue weighted by molar-refractivity contribution is 5.89. The molecule has 0 amide bonds. The molecule has 4 rings (SSSR count). The monoisotopic (exact) mass is 320 g/mol. The van der Waals surface area contributed by atoms with Gasteiger partial charge < -0.3 is 15.0 Å². The van der Waals surface area contributed by atoms with Crippen molar-refractivity contribution in [3.05, 3.63) is 63.8 Å². The average molecular weight is 320 g/mol. The molecule has 2 N–H and O–H groups in total. The zero-order chi connectivity index (χ0) is 16.8. The molecule has 3 heteroatoms. The highest BCUT2D eigenvalue weighted by Crippen LogP contribution is 2.36. The molecular formula is C21H24N2O. The van der Waals surface area contributed by atoms with Gasteiger partial charge in [-0.15, -0.1) is 0 Å². The number of hydrogen-bond donors (Lipinski definition) is 2. The maximum atomic E-state index is 5.41. The molecule has 3 nitrogen and oxygen atoms in total. The lowest BCUT2D eigenvalue weighted by Gasteiger charge is -2.25. The van der Waals surface area contributed by atoms with Gasteiger partial charge in [-0.2, -0.15) is 0 Å². The number of H-pyrrole nitrogens is 1. The maximum Gasteiger partial charge on any atom is 0.121 e. The molecule has 3 aromatic rings. The second-order valence-corrected chi connectivity index (χ2v) is 6.89. The number of aromatic nitrogens is 1. The number of aryl methyl sites for hydroxylation is 3. The number of ether oxygens (including phenoxy) is 1. The van der Waals surface area contributed by atoms with Crippen LogP contribution in [0.3, 0.4) is 0 Å². The second-order valence-electron chi connectivity index (χ2n) is 6.89. The number of rotatable bonds is 2. The third-order valence-electron chi connectivity index (χ3n) is 5.14. The first-order chi connectivity index (χ1) is 11.6. The van der Waals surface area contributed by atoms with Crippen LogP contribution in [0.4, 0.5) is 0 Å². The first kappa shape index (κ1) is 15.3. The van der Waals surface area contributed by atoms with E-state index in [1.807, 2.05) is 0 Å². The van der Waals surface area contributed by atoms with Gasteiger partial charge in [0, 0.05) is 23.1 Å². The van der Waals surface area contributed by atoms with Gasteiger partial charge in [-0.1, -0.05) is 18.2 Å². The molecule has 0 saturated heterocycles. The standard InChI is InChI=1S/C21H24N2O/c1-12-9-14(3)19-16-7-8-22-20(21(16)23-17(19)10-12)15-5-6-18(24-4)13(2)11-15/h5-6,9-11,20,22-23H,7-8H2,1-4H3. The molecule has 0 bridgehead atoms. The van der Waals surface area contributed by atoms with Crippen LogP contribution in [-0.4, -0.2) is 18.6 Å². The first-order valence-electron chi connectivity index (χ1n) is 8.58. The number of aromatic amines is 1. The summed E-state index contributed by atoms with van der Waals surface area (Å²) in [7, 11) is 1.72. The zero-order valence-electron chi connectivity index (χ0n) is 14.8. The van der Waals surface area contributed by atoms with E-state index in [-0.39, 0.29) is 6.04 Å². The van der Waals surface area contributed by atoms with Crippen molar-refractivity contribution in [2.24, 2.45) is 0 Å². The lowest BCUT2D eigenvalue weighted by molar-refractivity contribution is 0.411. The van der Waals surface area contributed by atoms with Crippen molar-refractivity contribution in [3.8, 4) is 5.75 Å². The van der Waals surface area contributed by atoms with Crippen molar-refractivity contribution in [3.63, 3.8) is 0 Å². The van der Waals surface area contributed by atoms with E-state index in [0.717, 1.165) is 18.7 Å². The Morgan fingerprint density at radius 2 is 1.88 bits per heavy atom. The van der Waals surface area contributed by atoms with Crippen LogP contribution in [0.25, 0.3) is 10.9 Å². The van der Waals surface area contributed by atoms with Gasteiger partial charge in [0.15, 0.2) is 0 Å².